The number of ether oxygens (including phenoxy) is 2. The molecule has 1 aliphatic heterocycles. The molecular formula is C28H29N3O5. The maximum atomic E-state index is 13.2. The summed E-state index contributed by atoms with van der Waals surface area (Å²) in [7, 11) is 0. The molecule has 186 valence electrons. The lowest BCUT2D eigenvalue weighted by atomic mass is 9.95. The minimum Gasteiger partial charge on any atom is -0.507 e. The van der Waals surface area contributed by atoms with Gasteiger partial charge in [0.15, 0.2) is 0 Å². The molecule has 1 saturated heterocycles. The second-order valence-corrected chi connectivity index (χ2v) is 8.28. The number of hydrogen-bond donors (Lipinski definition) is 1. The van der Waals surface area contributed by atoms with Gasteiger partial charge in [-0.1, -0.05) is 24.8 Å². The van der Waals surface area contributed by atoms with Gasteiger partial charge in [-0.3, -0.25) is 9.59 Å². The molecule has 0 aliphatic carbocycles. The number of aliphatic hydroxyl groups is 1. The van der Waals surface area contributed by atoms with Crippen molar-refractivity contribution < 1.29 is 24.2 Å². The Kier molecular flexibility index (Phi) is 7.85. The van der Waals surface area contributed by atoms with Gasteiger partial charge in [0.2, 0.25) is 0 Å². The summed E-state index contributed by atoms with van der Waals surface area (Å²) in [6, 6.07) is 13.2. The van der Waals surface area contributed by atoms with E-state index in [9.17, 15) is 14.7 Å². The van der Waals surface area contributed by atoms with Crippen LogP contribution in [0.15, 0.2) is 85.5 Å². The monoisotopic (exact) mass is 487 g/mol. The van der Waals surface area contributed by atoms with E-state index in [4.69, 9.17) is 9.47 Å². The van der Waals surface area contributed by atoms with Crippen molar-refractivity contribution in [1.82, 2.24) is 14.5 Å². The summed E-state index contributed by atoms with van der Waals surface area (Å²) < 4.78 is 13.1. The van der Waals surface area contributed by atoms with Crippen molar-refractivity contribution >= 4 is 17.4 Å². The molecule has 1 atom stereocenters. The first-order valence-electron chi connectivity index (χ1n) is 11.8. The summed E-state index contributed by atoms with van der Waals surface area (Å²) in [5.41, 5.74) is 1.15. The Bertz CT molecular complexity index is 1250. The molecule has 8 nitrogen and oxygen atoms in total. The predicted molar refractivity (Wildman–Crippen MR) is 136 cm³/mol. The number of amides is 1. The molecule has 0 bridgehead atoms. The van der Waals surface area contributed by atoms with E-state index in [1.165, 1.54) is 4.90 Å². The van der Waals surface area contributed by atoms with E-state index in [2.05, 4.69) is 11.6 Å². The maximum absolute atomic E-state index is 13.2. The average Bonchev–Trinajstić information content (AvgIpc) is 3.50. The zero-order valence-electron chi connectivity index (χ0n) is 20.2. The highest BCUT2D eigenvalue weighted by Gasteiger charge is 2.45. The molecule has 0 saturated carbocycles. The summed E-state index contributed by atoms with van der Waals surface area (Å²) >= 11 is 0. The van der Waals surface area contributed by atoms with E-state index < -0.39 is 17.7 Å². The lowest BCUT2D eigenvalue weighted by Crippen LogP contribution is -2.31. The van der Waals surface area contributed by atoms with E-state index in [0.29, 0.717) is 55.4 Å². The molecule has 0 unspecified atom stereocenters. The van der Waals surface area contributed by atoms with Gasteiger partial charge in [0, 0.05) is 31.0 Å². The minimum atomic E-state index is -0.758. The zero-order valence-corrected chi connectivity index (χ0v) is 20.2. The fraction of sp³-hybridized carbons (Fsp3) is 0.250. The van der Waals surface area contributed by atoms with Crippen molar-refractivity contribution in [2.24, 2.45) is 0 Å². The zero-order chi connectivity index (χ0) is 25.5. The minimum absolute atomic E-state index is 0.0488. The topological polar surface area (TPSA) is 93.9 Å². The van der Waals surface area contributed by atoms with E-state index in [1.54, 1.807) is 61.1 Å². The van der Waals surface area contributed by atoms with Gasteiger partial charge in [0.1, 0.15) is 23.9 Å². The molecule has 1 fully saturated rings. The van der Waals surface area contributed by atoms with Crippen molar-refractivity contribution in [3.05, 3.63) is 96.6 Å². The van der Waals surface area contributed by atoms with Crippen LogP contribution in [-0.2, 0) is 16.1 Å². The quantitative estimate of drug-likeness (QED) is 0.187. The summed E-state index contributed by atoms with van der Waals surface area (Å²) in [5.74, 6) is -0.354. The lowest BCUT2D eigenvalue weighted by Gasteiger charge is -2.25. The number of likely N-dealkylation sites (tertiary alicyclic amines) is 1. The normalized spacial score (nSPS) is 16.8. The van der Waals surface area contributed by atoms with Crippen molar-refractivity contribution in [3.8, 4) is 11.5 Å². The van der Waals surface area contributed by atoms with Crippen LogP contribution in [0.3, 0.4) is 0 Å². The second-order valence-electron chi connectivity index (χ2n) is 8.28. The van der Waals surface area contributed by atoms with Gasteiger partial charge in [-0.05, 0) is 55.3 Å². The predicted octanol–water partition coefficient (Wildman–Crippen LogP) is 4.36. The molecule has 4 rings (SSSR count). The number of benzene rings is 2. The Hall–Kier alpha value is -4.33. The lowest BCUT2D eigenvalue weighted by molar-refractivity contribution is -0.139. The first kappa shape index (κ1) is 24.8. The van der Waals surface area contributed by atoms with Gasteiger partial charge < -0.3 is 24.0 Å². The Morgan fingerprint density at radius 2 is 1.92 bits per heavy atom. The van der Waals surface area contributed by atoms with Gasteiger partial charge in [0.05, 0.1) is 24.5 Å². The Balaban J connectivity index is 1.72. The number of aromatic nitrogens is 2. The highest BCUT2D eigenvalue weighted by molar-refractivity contribution is 6.46. The van der Waals surface area contributed by atoms with E-state index >= 15 is 0 Å². The molecule has 36 heavy (non-hydrogen) atoms. The number of aryl methyl sites for hydroxylation is 1. The first-order valence-corrected chi connectivity index (χ1v) is 11.8. The van der Waals surface area contributed by atoms with Gasteiger partial charge in [-0.25, -0.2) is 4.98 Å². The molecule has 3 aromatic rings. The van der Waals surface area contributed by atoms with Crippen LogP contribution in [0, 0.1) is 0 Å². The molecule has 1 aliphatic rings. The van der Waals surface area contributed by atoms with Crippen LogP contribution in [0.25, 0.3) is 5.76 Å². The van der Waals surface area contributed by atoms with Gasteiger partial charge in [-0.15, -0.1) is 0 Å². The molecule has 2 aromatic carbocycles. The third-order valence-electron chi connectivity index (χ3n) is 5.89. The Morgan fingerprint density at radius 3 is 2.61 bits per heavy atom. The summed E-state index contributed by atoms with van der Waals surface area (Å²) in [4.78, 5) is 32.0. The van der Waals surface area contributed by atoms with Crippen LogP contribution < -0.4 is 9.47 Å². The fourth-order valence-electron chi connectivity index (χ4n) is 4.26. The Labute approximate surface area is 210 Å². The van der Waals surface area contributed by atoms with Gasteiger partial charge in [-0.2, -0.15) is 0 Å². The number of aliphatic hydroxyl groups excluding tert-OH is 1. The molecule has 1 N–H and O–H groups in total. The smallest absolute Gasteiger partial charge is 0.295 e. The first-order chi connectivity index (χ1) is 17.5. The SMILES string of the molecule is C=CCOc1cccc([C@H]2C(=C(O)c3ccc(OCC)cc3)C(=O)C(=O)N2CCCn2ccnc2)c1. The molecule has 0 radical (unpaired) electrons. The summed E-state index contributed by atoms with van der Waals surface area (Å²) in [6.45, 7) is 7.35. The van der Waals surface area contributed by atoms with Crippen LogP contribution >= 0.6 is 0 Å². The van der Waals surface area contributed by atoms with Gasteiger partial charge in [0.25, 0.3) is 11.7 Å². The van der Waals surface area contributed by atoms with Gasteiger partial charge >= 0.3 is 0 Å². The second kappa shape index (κ2) is 11.4. The maximum Gasteiger partial charge on any atom is 0.295 e. The number of nitrogens with zero attached hydrogens (tertiary/aromatic N) is 3. The highest BCUT2D eigenvalue weighted by atomic mass is 16.5. The number of carbonyl (C=O) groups is 2. The Morgan fingerprint density at radius 1 is 1.11 bits per heavy atom. The number of carbonyl (C=O) groups excluding carboxylic acids is 2. The van der Waals surface area contributed by atoms with Crippen LogP contribution in [-0.4, -0.2) is 51.0 Å². The third kappa shape index (κ3) is 5.33. The van der Waals surface area contributed by atoms with Crippen molar-refractivity contribution in [3.63, 3.8) is 0 Å². The fourth-order valence-corrected chi connectivity index (χ4v) is 4.26. The molecule has 1 aromatic heterocycles. The van der Waals surface area contributed by atoms with Crippen LogP contribution in [0.5, 0.6) is 11.5 Å². The van der Waals surface area contributed by atoms with E-state index in [1.807, 2.05) is 23.8 Å². The summed E-state index contributed by atoms with van der Waals surface area (Å²) in [5, 5.41) is 11.2. The number of rotatable bonds is 11. The third-order valence-corrected chi connectivity index (χ3v) is 5.89. The molecule has 2 heterocycles. The van der Waals surface area contributed by atoms with Crippen molar-refractivity contribution in [2.75, 3.05) is 19.8 Å². The highest BCUT2D eigenvalue weighted by Crippen LogP contribution is 2.40. The number of ketones is 1. The standard InChI is InChI=1S/C28H29N3O5/c1-3-17-36-23-8-5-7-21(18-23)25-24(26(32)20-9-11-22(12-10-20)35-4-2)27(33)28(34)31(25)15-6-14-30-16-13-29-19-30/h3,5,7-13,16,18-19,25,32H,1,4,6,14-15,17H2,2H3/t25-/m0/s1. The van der Waals surface area contributed by atoms with E-state index in [0.717, 1.165) is 0 Å². The largest absolute Gasteiger partial charge is 0.507 e. The molecule has 8 heteroatoms. The number of imidazole rings is 1. The van der Waals surface area contributed by atoms with Crippen LogP contribution in [0.4, 0.5) is 0 Å². The van der Waals surface area contributed by atoms with Crippen LogP contribution in [0.1, 0.15) is 30.5 Å². The van der Waals surface area contributed by atoms with Crippen LogP contribution in [0.2, 0.25) is 0 Å². The number of Topliss-reactive ketones (excluding diaryl/α,β-unsaturated/α-hetero) is 1. The number of hydrogen-bond acceptors (Lipinski definition) is 6. The average molecular weight is 488 g/mol. The molecule has 0 spiro atoms. The van der Waals surface area contributed by atoms with Crippen molar-refractivity contribution in [2.45, 2.75) is 25.9 Å². The van der Waals surface area contributed by atoms with E-state index in [-0.39, 0.29) is 11.3 Å². The molecular weight excluding hydrogens is 458 g/mol. The molecule has 1 amide bonds. The van der Waals surface area contributed by atoms with Crippen molar-refractivity contribution in [1.29, 1.82) is 0 Å². The summed E-state index contributed by atoms with van der Waals surface area (Å²) in [6.07, 6.45) is 7.49.